The Balaban J connectivity index is 0.000000423. The first-order valence-corrected chi connectivity index (χ1v) is 10.7. The molecular formula is C21H27F3N2O4S. The number of thiazole rings is 1. The number of hydrogen-bond donors (Lipinski definition) is 1. The van der Waals surface area contributed by atoms with Gasteiger partial charge < -0.3 is 14.6 Å². The topological polar surface area (TPSA) is 71.9 Å². The number of benzene rings is 1. The number of carboxylic acids is 1. The number of ether oxygens (including phenoxy) is 2. The van der Waals surface area contributed by atoms with Gasteiger partial charge in [-0.25, -0.2) is 9.78 Å². The van der Waals surface area contributed by atoms with Crippen molar-refractivity contribution in [2.45, 2.75) is 44.6 Å². The van der Waals surface area contributed by atoms with E-state index in [4.69, 9.17) is 19.4 Å². The molecule has 0 spiro atoms. The van der Waals surface area contributed by atoms with Crippen LogP contribution in [0.3, 0.4) is 0 Å². The van der Waals surface area contributed by atoms with Crippen LogP contribution in [0.2, 0.25) is 0 Å². The summed E-state index contributed by atoms with van der Waals surface area (Å²) < 4.78 is 43.0. The summed E-state index contributed by atoms with van der Waals surface area (Å²) in [6, 6.07) is 11.1. The molecule has 2 aromatic rings. The Morgan fingerprint density at radius 1 is 1.29 bits per heavy atom. The number of halogens is 3. The van der Waals surface area contributed by atoms with Crippen LogP contribution in [0.4, 0.5) is 13.2 Å². The third kappa shape index (κ3) is 8.56. The molecule has 10 heteroatoms. The number of aliphatic carboxylic acids is 1. The van der Waals surface area contributed by atoms with Gasteiger partial charge in [0.2, 0.25) is 0 Å². The van der Waals surface area contributed by atoms with E-state index >= 15 is 0 Å². The highest BCUT2D eigenvalue weighted by atomic mass is 32.1. The summed E-state index contributed by atoms with van der Waals surface area (Å²) in [5.74, 6) is -2.76. The quantitative estimate of drug-likeness (QED) is 0.602. The molecule has 1 aromatic carbocycles. The fourth-order valence-corrected chi connectivity index (χ4v) is 3.97. The van der Waals surface area contributed by atoms with Crippen molar-refractivity contribution in [3.8, 4) is 0 Å². The van der Waals surface area contributed by atoms with Crippen LogP contribution in [-0.2, 0) is 27.2 Å². The first-order valence-electron chi connectivity index (χ1n) is 9.80. The van der Waals surface area contributed by atoms with E-state index in [2.05, 4.69) is 52.5 Å². The summed E-state index contributed by atoms with van der Waals surface area (Å²) in [5.41, 5.74) is 2.54. The van der Waals surface area contributed by atoms with E-state index in [1.165, 1.54) is 11.3 Å². The normalized spacial score (nSPS) is 19.1. The largest absolute Gasteiger partial charge is 0.490 e. The zero-order valence-corrected chi connectivity index (χ0v) is 18.3. The van der Waals surface area contributed by atoms with Crippen LogP contribution in [0, 0.1) is 6.92 Å². The Labute approximate surface area is 183 Å². The van der Waals surface area contributed by atoms with Crippen molar-refractivity contribution >= 4 is 17.3 Å². The summed E-state index contributed by atoms with van der Waals surface area (Å²) in [5, 5.41) is 10.4. The summed E-state index contributed by atoms with van der Waals surface area (Å²) >= 11 is 1.73. The number of aromatic nitrogens is 1. The molecular weight excluding hydrogens is 433 g/mol. The highest BCUT2D eigenvalue weighted by Crippen LogP contribution is 2.26. The minimum absolute atomic E-state index is 0.264. The highest BCUT2D eigenvalue weighted by molar-refractivity contribution is 7.09. The summed E-state index contributed by atoms with van der Waals surface area (Å²) in [6.07, 6.45) is -2.73. The third-order valence-corrected chi connectivity index (χ3v) is 5.60. The van der Waals surface area contributed by atoms with Gasteiger partial charge in [0.15, 0.2) is 0 Å². The number of rotatable bonds is 8. The minimum atomic E-state index is -5.08. The van der Waals surface area contributed by atoms with Crippen molar-refractivity contribution in [2.24, 2.45) is 0 Å². The second-order valence-electron chi connectivity index (χ2n) is 7.08. The first kappa shape index (κ1) is 25.3. The third-order valence-electron chi connectivity index (χ3n) is 4.78. The molecule has 2 atom stereocenters. The maximum absolute atomic E-state index is 10.6. The molecule has 0 saturated carbocycles. The van der Waals surface area contributed by atoms with Gasteiger partial charge in [-0.2, -0.15) is 13.2 Å². The number of carboxylic acid groups (broad SMARTS) is 1. The van der Waals surface area contributed by atoms with Crippen molar-refractivity contribution in [1.29, 1.82) is 0 Å². The van der Waals surface area contributed by atoms with E-state index in [9.17, 15) is 13.2 Å². The lowest BCUT2D eigenvalue weighted by Gasteiger charge is -2.28. The monoisotopic (exact) mass is 460 g/mol. The van der Waals surface area contributed by atoms with Gasteiger partial charge in [-0.3, -0.25) is 4.90 Å². The van der Waals surface area contributed by atoms with Crippen molar-refractivity contribution in [2.75, 3.05) is 26.9 Å². The molecule has 1 aliphatic heterocycles. The molecule has 6 nitrogen and oxygen atoms in total. The molecule has 1 fully saturated rings. The van der Waals surface area contributed by atoms with Gasteiger partial charge >= 0.3 is 12.1 Å². The predicted octanol–water partition coefficient (Wildman–Crippen LogP) is 3.93. The van der Waals surface area contributed by atoms with Crippen molar-refractivity contribution in [3.05, 3.63) is 52.0 Å². The maximum atomic E-state index is 10.6. The fourth-order valence-electron chi connectivity index (χ4n) is 3.37. The molecule has 0 aliphatic carbocycles. The number of aryl methyl sites for hydroxylation is 1. The lowest BCUT2D eigenvalue weighted by molar-refractivity contribution is -0.192. The fraction of sp³-hybridized carbons (Fsp3) is 0.524. The molecule has 1 aromatic heterocycles. The SMILES string of the molecule is COCCO[C@H]1CCN(Cc2csc(C)n2)[C@H]1Cc1ccccc1.O=C(O)C(F)(F)F. The maximum Gasteiger partial charge on any atom is 0.490 e. The first-order chi connectivity index (χ1) is 14.7. The average molecular weight is 461 g/mol. The van der Waals surface area contributed by atoms with Gasteiger partial charge in [0.1, 0.15) is 0 Å². The van der Waals surface area contributed by atoms with E-state index < -0.39 is 12.1 Å². The second kappa shape index (κ2) is 12.1. The molecule has 0 amide bonds. The van der Waals surface area contributed by atoms with E-state index in [-0.39, 0.29) is 6.10 Å². The zero-order chi connectivity index (χ0) is 22.9. The van der Waals surface area contributed by atoms with Crippen LogP contribution < -0.4 is 0 Å². The molecule has 0 unspecified atom stereocenters. The molecule has 0 radical (unpaired) electrons. The Morgan fingerprint density at radius 2 is 1.97 bits per heavy atom. The van der Waals surface area contributed by atoms with Crippen LogP contribution in [0.1, 0.15) is 22.7 Å². The molecule has 3 rings (SSSR count). The van der Waals surface area contributed by atoms with Crippen LogP contribution >= 0.6 is 11.3 Å². The summed E-state index contributed by atoms with van der Waals surface area (Å²) in [7, 11) is 1.72. The van der Waals surface area contributed by atoms with Gasteiger partial charge in [0, 0.05) is 31.6 Å². The summed E-state index contributed by atoms with van der Waals surface area (Å²) in [6.45, 7) is 5.35. The molecule has 1 N–H and O–H groups in total. The van der Waals surface area contributed by atoms with E-state index in [0.717, 1.165) is 30.9 Å². The van der Waals surface area contributed by atoms with Crippen molar-refractivity contribution in [3.63, 3.8) is 0 Å². The molecule has 31 heavy (non-hydrogen) atoms. The Morgan fingerprint density at radius 3 is 2.52 bits per heavy atom. The van der Waals surface area contributed by atoms with E-state index in [0.29, 0.717) is 19.3 Å². The highest BCUT2D eigenvalue weighted by Gasteiger charge is 2.38. The summed E-state index contributed by atoms with van der Waals surface area (Å²) in [4.78, 5) is 16.1. The van der Waals surface area contributed by atoms with Crippen molar-refractivity contribution < 1.29 is 32.5 Å². The van der Waals surface area contributed by atoms with Crippen LogP contribution in [0.15, 0.2) is 35.7 Å². The number of likely N-dealkylation sites (tertiary alicyclic amines) is 1. The minimum Gasteiger partial charge on any atom is -0.475 e. The lowest BCUT2D eigenvalue weighted by atomic mass is 10.0. The molecule has 172 valence electrons. The number of carbonyl (C=O) groups is 1. The second-order valence-corrected chi connectivity index (χ2v) is 8.14. The van der Waals surface area contributed by atoms with Gasteiger partial charge in [0.05, 0.1) is 30.0 Å². The average Bonchev–Trinajstić information content (AvgIpc) is 3.29. The van der Waals surface area contributed by atoms with Crippen LogP contribution in [0.25, 0.3) is 0 Å². The van der Waals surface area contributed by atoms with E-state index in [1.807, 2.05) is 0 Å². The molecule has 1 saturated heterocycles. The number of hydrogen-bond acceptors (Lipinski definition) is 6. The molecule has 0 bridgehead atoms. The molecule has 1 aliphatic rings. The smallest absolute Gasteiger partial charge is 0.475 e. The number of nitrogens with zero attached hydrogens (tertiary/aromatic N) is 2. The predicted molar refractivity (Wildman–Crippen MR) is 111 cm³/mol. The van der Waals surface area contributed by atoms with Crippen molar-refractivity contribution in [1.82, 2.24) is 9.88 Å². The Kier molecular flexibility index (Phi) is 9.89. The molecule has 2 heterocycles. The van der Waals surface area contributed by atoms with Gasteiger partial charge in [-0.15, -0.1) is 11.3 Å². The Hall–Kier alpha value is -2.01. The van der Waals surface area contributed by atoms with E-state index in [1.54, 1.807) is 18.4 Å². The number of alkyl halides is 3. The standard InChI is InChI=1S/C19H26N2O2S.C2HF3O2/c1-15-20-17(14-24-15)13-21-9-8-19(23-11-10-22-2)18(21)12-16-6-4-3-5-7-16;3-2(4,5)1(6)7/h3-7,14,18-19H,8-13H2,1-2H3;(H,6,7)/t18-,19-;/m0./s1. The van der Waals surface area contributed by atoms with Gasteiger partial charge in [0.25, 0.3) is 0 Å². The van der Waals surface area contributed by atoms with Gasteiger partial charge in [-0.05, 0) is 25.3 Å². The van der Waals surface area contributed by atoms with Crippen LogP contribution in [-0.4, -0.2) is 66.2 Å². The number of methoxy groups -OCH3 is 1. The Bertz CT molecular complexity index is 801. The lowest BCUT2D eigenvalue weighted by Crippen LogP contribution is -2.38. The zero-order valence-electron chi connectivity index (χ0n) is 17.5. The van der Waals surface area contributed by atoms with Gasteiger partial charge in [-0.1, -0.05) is 30.3 Å². The van der Waals surface area contributed by atoms with Crippen LogP contribution in [0.5, 0.6) is 0 Å².